The molecule has 0 aliphatic heterocycles. The van der Waals surface area contributed by atoms with E-state index < -0.39 is 17.7 Å². The molecule has 0 saturated carbocycles. The van der Waals surface area contributed by atoms with Gasteiger partial charge in [0.15, 0.2) is 0 Å². The van der Waals surface area contributed by atoms with Crippen molar-refractivity contribution in [1.82, 2.24) is 5.43 Å². The minimum Gasteiger partial charge on any atom is -0.419 e. The van der Waals surface area contributed by atoms with Gasteiger partial charge < -0.3 is 4.74 Å². The highest BCUT2D eigenvalue weighted by atomic mass is 19.1. The molecule has 14 heavy (non-hydrogen) atoms. The number of hydrazine groups is 1. The summed E-state index contributed by atoms with van der Waals surface area (Å²) >= 11 is 0. The number of halogens is 1. The lowest BCUT2D eigenvalue weighted by Gasteiger charge is -2.01. The molecule has 0 spiro atoms. The third-order valence-corrected chi connectivity index (χ3v) is 1.32. The molecule has 1 rings (SSSR count). The Morgan fingerprint density at radius 3 is 2.71 bits per heavy atom. The lowest BCUT2D eigenvalue weighted by Crippen LogP contribution is -2.38. The zero-order chi connectivity index (χ0) is 10.6. The van der Waals surface area contributed by atoms with E-state index in [0.717, 1.165) is 6.07 Å². The largest absolute Gasteiger partial charge is 0.419 e. The molecule has 0 aliphatic rings. The maximum absolute atomic E-state index is 12.6. The number of nitrogens with one attached hydrogen (secondary N) is 1. The van der Waals surface area contributed by atoms with Crippen molar-refractivity contribution < 1.29 is 18.7 Å². The second-order valence-corrected chi connectivity index (χ2v) is 2.32. The number of nitrogens with two attached hydrogens (primary N) is 1. The molecule has 0 saturated heterocycles. The van der Waals surface area contributed by atoms with Gasteiger partial charge in [-0.3, -0.25) is 10.2 Å². The van der Waals surface area contributed by atoms with Gasteiger partial charge in [-0.1, -0.05) is 6.07 Å². The highest BCUT2D eigenvalue weighted by Gasteiger charge is 2.14. The van der Waals surface area contributed by atoms with Crippen LogP contribution in [0.3, 0.4) is 0 Å². The highest BCUT2D eigenvalue weighted by Crippen LogP contribution is 2.11. The van der Waals surface area contributed by atoms with E-state index in [-0.39, 0.29) is 5.75 Å². The van der Waals surface area contributed by atoms with E-state index in [0.29, 0.717) is 0 Å². The monoisotopic (exact) mass is 198 g/mol. The molecular formula is C8H7FN2O3. The van der Waals surface area contributed by atoms with Crippen LogP contribution in [0, 0.1) is 5.82 Å². The molecule has 0 bridgehead atoms. The van der Waals surface area contributed by atoms with Crippen LogP contribution < -0.4 is 16.0 Å². The molecule has 0 fully saturated rings. The predicted octanol–water partition coefficient (Wildman–Crippen LogP) is -0.279. The number of benzene rings is 1. The van der Waals surface area contributed by atoms with Gasteiger partial charge in [0, 0.05) is 6.07 Å². The Bertz CT molecular complexity index is 367. The molecule has 0 atom stereocenters. The van der Waals surface area contributed by atoms with E-state index in [1.165, 1.54) is 18.2 Å². The van der Waals surface area contributed by atoms with Crippen molar-refractivity contribution in [2.24, 2.45) is 5.84 Å². The van der Waals surface area contributed by atoms with E-state index in [4.69, 9.17) is 0 Å². The maximum Gasteiger partial charge on any atom is 0.403 e. The first-order valence-corrected chi connectivity index (χ1v) is 3.62. The third-order valence-electron chi connectivity index (χ3n) is 1.32. The lowest BCUT2D eigenvalue weighted by atomic mass is 10.3. The summed E-state index contributed by atoms with van der Waals surface area (Å²) in [5.74, 6) is 1.76. The first-order chi connectivity index (χ1) is 6.63. The topological polar surface area (TPSA) is 81.4 Å². The highest BCUT2D eigenvalue weighted by molar-refractivity contribution is 6.32. The Kier molecular flexibility index (Phi) is 3.14. The number of rotatable bonds is 1. The number of carbonyl (C=O) groups excluding carboxylic acids is 2. The van der Waals surface area contributed by atoms with Crippen LogP contribution in [0.5, 0.6) is 5.75 Å². The molecule has 0 aliphatic carbocycles. The van der Waals surface area contributed by atoms with Gasteiger partial charge in [0.1, 0.15) is 11.6 Å². The molecule has 1 aromatic carbocycles. The van der Waals surface area contributed by atoms with Gasteiger partial charge in [-0.2, -0.15) is 0 Å². The van der Waals surface area contributed by atoms with Crippen LogP contribution in [0.4, 0.5) is 4.39 Å². The van der Waals surface area contributed by atoms with Crippen molar-refractivity contribution in [3.05, 3.63) is 30.1 Å². The summed E-state index contributed by atoms with van der Waals surface area (Å²) in [5, 5.41) is 0. The van der Waals surface area contributed by atoms with Gasteiger partial charge in [0.05, 0.1) is 0 Å². The summed E-state index contributed by atoms with van der Waals surface area (Å²) in [7, 11) is 0. The van der Waals surface area contributed by atoms with Crippen LogP contribution in [0.1, 0.15) is 0 Å². The Morgan fingerprint density at radius 1 is 1.43 bits per heavy atom. The zero-order valence-electron chi connectivity index (χ0n) is 6.99. The molecule has 0 aromatic heterocycles. The molecule has 74 valence electrons. The average Bonchev–Trinajstić information content (AvgIpc) is 2.16. The number of esters is 1. The molecule has 1 aromatic rings. The second kappa shape index (κ2) is 4.33. The summed E-state index contributed by atoms with van der Waals surface area (Å²) in [6.07, 6.45) is 0. The van der Waals surface area contributed by atoms with Crippen LogP contribution in [-0.4, -0.2) is 11.9 Å². The van der Waals surface area contributed by atoms with Gasteiger partial charge >= 0.3 is 11.9 Å². The van der Waals surface area contributed by atoms with Gasteiger partial charge in [0.25, 0.3) is 0 Å². The van der Waals surface area contributed by atoms with Gasteiger partial charge in [0.2, 0.25) is 0 Å². The third kappa shape index (κ3) is 2.53. The van der Waals surface area contributed by atoms with Crippen LogP contribution in [0.15, 0.2) is 24.3 Å². The van der Waals surface area contributed by atoms with E-state index >= 15 is 0 Å². The summed E-state index contributed by atoms with van der Waals surface area (Å²) in [6, 6.07) is 4.84. The average molecular weight is 198 g/mol. The van der Waals surface area contributed by atoms with Crippen molar-refractivity contribution in [3.8, 4) is 5.75 Å². The smallest absolute Gasteiger partial charge is 0.403 e. The van der Waals surface area contributed by atoms with Gasteiger partial charge in [-0.15, -0.1) is 0 Å². The van der Waals surface area contributed by atoms with Crippen molar-refractivity contribution in [2.45, 2.75) is 0 Å². The molecule has 6 heteroatoms. The molecule has 3 N–H and O–H groups in total. The predicted molar refractivity (Wildman–Crippen MR) is 44.4 cm³/mol. The summed E-state index contributed by atoms with van der Waals surface area (Å²) in [6.45, 7) is 0. The number of amides is 1. The summed E-state index contributed by atoms with van der Waals surface area (Å²) in [5.41, 5.74) is 1.59. The standard InChI is InChI=1S/C8H7FN2O3/c9-5-2-1-3-6(4-5)14-8(13)7(12)11-10/h1-4H,10H2,(H,11,12). The van der Waals surface area contributed by atoms with Crippen molar-refractivity contribution in [2.75, 3.05) is 0 Å². The van der Waals surface area contributed by atoms with Crippen molar-refractivity contribution >= 4 is 11.9 Å². The lowest BCUT2D eigenvalue weighted by molar-refractivity contribution is -0.148. The minimum atomic E-state index is -1.20. The Hall–Kier alpha value is -1.95. The Labute approximate surface area is 78.6 Å². The minimum absolute atomic E-state index is 0.0569. The first kappa shape index (κ1) is 10.1. The van der Waals surface area contributed by atoms with Crippen LogP contribution in [-0.2, 0) is 9.59 Å². The van der Waals surface area contributed by atoms with Crippen molar-refractivity contribution in [1.29, 1.82) is 0 Å². The molecule has 1 amide bonds. The number of carbonyl (C=O) groups is 2. The van der Waals surface area contributed by atoms with E-state index in [1.807, 2.05) is 0 Å². The van der Waals surface area contributed by atoms with Crippen molar-refractivity contribution in [3.63, 3.8) is 0 Å². The van der Waals surface area contributed by atoms with E-state index in [9.17, 15) is 14.0 Å². The quantitative estimate of drug-likeness (QED) is 0.162. The van der Waals surface area contributed by atoms with Crippen LogP contribution in [0.2, 0.25) is 0 Å². The summed E-state index contributed by atoms with van der Waals surface area (Å²) < 4.78 is 17.1. The SMILES string of the molecule is NNC(=O)C(=O)Oc1cccc(F)c1. The van der Waals surface area contributed by atoms with Gasteiger partial charge in [-0.05, 0) is 12.1 Å². The molecule has 0 heterocycles. The van der Waals surface area contributed by atoms with Gasteiger partial charge in [-0.25, -0.2) is 15.0 Å². The summed E-state index contributed by atoms with van der Waals surface area (Å²) in [4.78, 5) is 21.4. The fourth-order valence-electron chi connectivity index (χ4n) is 0.743. The number of hydrogen-bond acceptors (Lipinski definition) is 4. The fourth-order valence-corrected chi connectivity index (χ4v) is 0.743. The molecule has 0 unspecified atom stereocenters. The molecule has 5 nitrogen and oxygen atoms in total. The molecule has 0 radical (unpaired) electrons. The first-order valence-electron chi connectivity index (χ1n) is 3.62. The number of ether oxygens (including phenoxy) is 1. The Morgan fingerprint density at radius 2 is 2.14 bits per heavy atom. The second-order valence-electron chi connectivity index (χ2n) is 2.32. The van der Waals surface area contributed by atoms with Crippen LogP contribution in [0.25, 0.3) is 0 Å². The van der Waals surface area contributed by atoms with E-state index in [2.05, 4.69) is 10.6 Å². The fraction of sp³-hybridized carbons (Fsp3) is 0. The molecular weight excluding hydrogens is 191 g/mol. The zero-order valence-corrected chi connectivity index (χ0v) is 6.99. The normalized spacial score (nSPS) is 9.29. The van der Waals surface area contributed by atoms with E-state index in [1.54, 1.807) is 5.43 Å². The number of hydrogen-bond donors (Lipinski definition) is 2. The Balaban J connectivity index is 2.70. The van der Waals surface area contributed by atoms with Crippen LogP contribution >= 0.6 is 0 Å². The maximum atomic E-state index is 12.6.